The van der Waals surface area contributed by atoms with Gasteiger partial charge in [0, 0.05) is 6.42 Å². The van der Waals surface area contributed by atoms with Gasteiger partial charge in [0.05, 0.1) is 0 Å². The first kappa shape index (κ1) is 13.4. The summed E-state index contributed by atoms with van der Waals surface area (Å²) in [6, 6.07) is 0. The maximum absolute atomic E-state index is 11.6. The van der Waals surface area contributed by atoms with E-state index in [-0.39, 0.29) is 12.6 Å². The predicted octanol–water partition coefficient (Wildman–Crippen LogP) is 3.25. The van der Waals surface area contributed by atoms with Crippen molar-refractivity contribution in [1.82, 2.24) is 0 Å². The average Bonchev–Trinajstić information content (AvgIpc) is 2.20. The van der Waals surface area contributed by atoms with Crippen molar-refractivity contribution in [2.24, 2.45) is 0 Å². The lowest BCUT2D eigenvalue weighted by atomic mass is 10.1. The highest BCUT2D eigenvalue weighted by atomic mass is 19.1. The third kappa shape index (κ3) is 9.49. The monoisotopic (exact) mass is 204 g/mol. The molecule has 14 heavy (non-hydrogen) atoms. The number of esters is 1. The van der Waals surface area contributed by atoms with E-state index in [2.05, 4.69) is 11.7 Å². The molecule has 0 N–H and O–H groups in total. The topological polar surface area (TPSA) is 26.3 Å². The van der Waals surface area contributed by atoms with Crippen molar-refractivity contribution in [3.63, 3.8) is 0 Å². The molecule has 0 aromatic heterocycles. The Labute approximate surface area is 85.8 Å². The molecular weight excluding hydrogens is 183 g/mol. The van der Waals surface area contributed by atoms with Gasteiger partial charge in [-0.25, -0.2) is 4.39 Å². The van der Waals surface area contributed by atoms with Crippen LogP contribution >= 0.6 is 0 Å². The van der Waals surface area contributed by atoms with Gasteiger partial charge in [0.2, 0.25) is 0 Å². The number of halogens is 1. The number of rotatable bonds is 9. The lowest BCUT2D eigenvalue weighted by Crippen LogP contribution is -2.06. The molecule has 0 spiro atoms. The van der Waals surface area contributed by atoms with Crippen molar-refractivity contribution in [2.45, 2.75) is 51.9 Å². The zero-order chi connectivity index (χ0) is 10.6. The second kappa shape index (κ2) is 10.5. The zero-order valence-corrected chi connectivity index (χ0v) is 9.06. The molecule has 0 atom stereocenters. The van der Waals surface area contributed by atoms with Crippen molar-refractivity contribution in [2.75, 3.05) is 13.3 Å². The largest absolute Gasteiger partial charge is 0.463 e. The van der Waals surface area contributed by atoms with E-state index in [0.29, 0.717) is 6.42 Å². The molecule has 0 saturated heterocycles. The number of alkyl halides is 1. The fourth-order valence-corrected chi connectivity index (χ4v) is 1.27. The van der Waals surface area contributed by atoms with Crippen molar-refractivity contribution in [3.05, 3.63) is 0 Å². The molecule has 0 rings (SSSR count). The van der Waals surface area contributed by atoms with Gasteiger partial charge in [-0.1, -0.05) is 39.0 Å². The molecule has 0 unspecified atom stereocenters. The summed E-state index contributed by atoms with van der Waals surface area (Å²) in [5.74, 6) is -0.266. The molecule has 0 fully saturated rings. The van der Waals surface area contributed by atoms with Gasteiger partial charge in [-0.2, -0.15) is 0 Å². The quantitative estimate of drug-likeness (QED) is 0.425. The molecule has 0 aliphatic carbocycles. The van der Waals surface area contributed by atoms with E-state index in [0.717, 1.165) is 12.8 Å². The number of ether oxygens (including phenoxy) is 1. The molecule has 0 aliphatic heterocycles. The van der Waals surface area contributed by atoms with Gasteiger partial charge in [0.1, 0.15) is 13.3 Å². The molecule has 0 heterocycles. The van der Waals surface area contributed by atoms with Crippen LogP contribution in [0, 0.1) is 0 Å². The van der Waals surface area contributed by atoms with Gasteiger partial charge in [0.25, 0.3) is 0 Å². The highest BCUT2D eigenvalue weighted by Gasteiger charge is 2.01. The number of hydrogen-bond acceptors (Lipinski definition) is 2. The zero-order valence-electron chi connectivity index (χ0n) is 9.06. The Balaban J connectivity index is 3.07. The molecular formula is C11H21FO2. The molecule has 2 nitrogen and oxygen atoms in total. The smallest absolute Gasteiger partial charge is 0.305 e. The Hall–Kier alpha value is -0.600. The van der Waals surface area contributed by atoms with Crippen LogP contribution in [0.25, 0.3) is 0 Å². The number of carbonyl (C=O) groups excluding carboxylic acids is 1. The second-order valence-corrected chi connectivity index (χ2v) is 3.43. The molecule has 0 aromatic rings. The van der Waals surface area contributed by atoms with Gasteiger partial charge in [-0.05, 0) is 6.42 Å². The minimum Gasteiger partial charge on any atom is -0.463 e. The van der Waals surface area contributed by atoms with Gasteiger partial charge in [0.15, 0.2) is 0 Å². The van der Waals surface area contributed by atoms with Gasteiger partial charge < -0.3 is 4.74 Å². The van der Waals surface area contributed by atoms with Crippen LogP contribution in [-0.2, 0) is 9.53 Å². The summed E-state index contributed by atoms with van der Waals surface area (Å²) in [6.07, 6.45) is 7.32. The van der Waals surface area contributed by atoms with Crippen molar-refractivity contribution in [3.8, 4) is 0 Å². The SMILES string of the molecule is CCCCCCCCC(=O)OCCF. The molecule has 0 radical (unpaired) electrons. The molecule has 0 saturated carbocycles. The van der Waals surface area contributed by atoms with Crippen LogP contribution < -0.4 is 0 Å². The fraction of sp³-hybridized carbons (Fsp3) is 0.909. The van der Waals surface area contributed by atoms with Crippen LogP contribution in [0.3, 0.4) is 0 Å². The van der Waals surface area contributed by atoms with E-state index in [1.54, 1.807) is 0 Å². The Morgan fingerprint density at radius 1 is 1.14 bits per heavy atom. The molecule has 0 bridgehead atoms. The van der Waals surface area contributed by atoms with Crippen molar-refractivity contribution < 1.29 is 13.9 Å². The first-order valence-electron chi connectivity index (χ1n) is 5.52. The standard InChI is InChI=1S/C11H21FO2/c1-2-3-4-5-6-7-8-11(13)14-10-9-12/h2-10H2,1H3. The fourth-order valence-electron chi connectivity index (χ4n) is 1.27. The van der Waals surface area contributed by atoms with Crippen molar-refractivity contribution in [1.29, 1.82) is 0 Å². The number of carbonyl (C=O) groups is 1. The Morgan fingerprint density at radius 2 is 1.79 bits per heavy atom. The summed E-state index contributed by atoms with van der Waals surface area (Å²) < 4.78 is 16.2. The van der Waals surface area contributed by atoms with Crippen LogP contribution in [0.15, 0.2) is 0 Å². The number of unbranched alkanes of at least 4 members (excludes halogenated alkanes) is 5. The van der Waals surface area contributed by atoms with Crippen LogP contribution in [0.1, 0.15) is 51.9 Å². The third-order valence-electron chi connectivity index (χ3n) is 2.07. The minimum absolute atomic E-state index is 0.0886. The van der Waals surface area contributed by atoms with Crippen molar-refractivity contribution >= 4 is 5.97 Å². The first-order chi connectivity index (χ1) is 6.81. The Kier molecular flexibility index (Phi) is 10.0. The molecule has 0 amide bonds. The van der Waals surface area contributed by atoms with E-state index in [9.17, 15) is 9.18 Å². The summed E-state index contributed by atoms with van der Waals surface area (Å²) in [5, 5.41) is 0. The minimum atomic E-state index is -0.581. The van der Waals surface area contributed by atoms with E-state index < -0.39 is 6.67 Å². The van der Waals surface area contributed by atoms with Gasteiger partial charge in [-0.15, -0.1) is 0 Å². The molecule has 0 aromatic carbocycles. The predicted molar refractivity (Wildman–Crippen MR) is 54.9 cm³/mol. The second-order valence-electron chi connectivity index (χ2n) is 3.43. The van der Waals surface area contributed by atoms with Crippen LogP contribution in [0.4, 0.5) is 4.39 Å². The summed E-state index contributed by atoms with van der Waals surface area (Å²) in [5.41, 5.74) is 0. The highest BCUT2D eigenvalue weighted by molar-refractivity contribution is 5.69. The lowest BCUT2D eigenvalue weighted by molar-refractivity contribution is -0.144. The van der Waals surface area contributed by atoms with Gasteiger partial charge in [-0.3, -0.25) is 4.79 Å². The Morgan fingerprint density at radius 3 is 2.43 bits per heavy atom. The molecule has 84 valence electrons. The average molecular weight is 204 g/mol. The highest BCUT2D eigenvalue weighted by Crippen LogP contribution is 2.07. The molecule has 0 aliphatic rings. The summed E-state index contributed by atoms with van der Waals surface area (Å²) >= 11 is 0. The first-order valence-corrected chi connectivity index (χ1v) is 5.52. The lowest BCUT2D eigenvalue weighted by Gasteiger charge is -2.02. The molecule has 3 heteroatoms. The van der Waals surface area contributed by atoms with Crippen LogP contribution in [0.5, 0.6) is 0 Å². The maximum atomic E-state index is 11.6. The third-order valence-corrected chi connectivity index (χ3v) is 2.07. The van der Waals surface area contributed by atoms with Crippen LogP contribution in [0.2, 0.25) is 0 Å². The summed E-state index contributed by atoms with van der Waals surface area (Å²) in [7, 11) is 0. The Bertz CT molecular complexity index is 137. The summed E-state index contributed by atoms with van der Waals surface area (Å²) in [6.45, 7) is 1.51. The summed E-state index contributed by atoms with van der Waals surface area (Å²) in [4.78, 5) is 10.9. The number of hydrogen-bond donors (Lipinski definition) is 0. The van der Waals surface area contributed by atoms with E-state index in [1.807, 2.05) is 0 Å². The van der Waals surface area contributed by atoms with E-state index in [1.165, 1.54) is 25.7 Å². The maximum Gasteiger partial charge on any atom is 0.305 e. The van der Waals surface area contributed by atoms with E-state index in [4.69, 9.17) is 0 Å². The van der Waals surface area contributed by atoms with Gasteiger partial charge >= 0.3 is 5.97 Å². The normalized spacial score (nSPS) is 10.1. The van der Waals surface area contributed by atoms with E-state index >= 15 is 0 Å². The van der Waals surface area contributed by atoms with Crippen LogP contribution in [-0.4, -0.2) is 19.3 Å².